The van der Waals surface area contributed by atoms with Crippen LogP contribution in [0.1, 0.15) is 5.82 Å². The second-order valence-electron chi connectivity index (χ2n) is 3.00. The lowest BCUT2D eigenvalue weighted by Crippen LogP contribution is -1.89. The average Bonchev–Trinajstić information content (AvgIpc) is 2.42. The molecule has 2 aromatic rings. The van der Waals surface area contributed by atoms with Crippen LogP contribution in [0.25, 0.3) is 15.9 Å². The van der Waals surface area contributed by atoms with Gasteiger partial charge in [0.15, 0.2) is 5.69 Å². The van der Waals surface area contributed by atoms with E-state index in [2.05, 4.69) is 9.83 Å². The number of aromatic nitrogens is 2. The highest BCUT2D eigenvalue weighted by atomic mass is 15.0. The normalized spacial score (nSPS) is 10.2. The van der Waals surface area contributed by atoms with Crippen LogP contribution in [0.4, 0.5) is 5.69 Å². The highest BCUT2D eigenvalue weighted by molar-refractivity contribution is 5.80. The molecule has 13 heavy (non-hydrogen) atoms. The van der Waals surface area contributed by atoms with Crippen LogP contribution in [0, 0.1) is 13.5 Å². The van der Waals surface area contributed by atoms with E-state index in [-0.39, 0.29) is 0 Å². The Hall–Kier alpha value is -1.82. The number of rotatable bonds is 0. The summed E-state index contributed by atoms with van der Waals surface area (Å²) in [5, 5.41) is 0. The fraction of sp³-hybridized carbons (Fsp3) is 0.200. The third kappa shape index (κ3) is 1.07. The zero-order valence-electron chi connectivity index (χ0n) is 7.57. The SMILES string of the molecule is [C-]#[N+]c1ccc2c(c1)nc(C)n2C. The van der Waals surface area contributed by atoms with Crippen LogP contribution in [-0.2, 0) is 7.05 Å². The van der Waals surface area contributed by atoms with E-state index in [9.17, 15) is 0 Å². The number of nitrogens with zero attached hydrogens (tertiary/aromatic N) is 3. The Bertz CT molecular complexity index is 503. The smallest absolute Gasteiger partial charge is 0.189 e. The summed E-state index contributed by atoms with van der Waals surface area (Å²) in [7, 11) is 1.97. The van der Waals surface area contributed by atoms with Gasteiger partial charge in [-0.1, -0.05) is 6.07 Å². The van der Waals surface area contributed by atoms with Crippen molar-refractivity contribution >= 4 is 16.7 Å². The molecule has 0 spiro atoms. The molecule has 1 aromatic carbocycles. The van der Waals surface area contributed by atoms with Gasteiger partial charge in [0.05, 0.1) is 17.6 Å². The van der Waals surface area contributed by atoms with Gasteiger partial charge in [0.25, 0.3) is 0 Å². The van der Waals surface area contributed by atoms with Crippen molar-refractivity contribution in [3.05, 3.63) is 35.4 Å². The van der Waals surface area contributed by atoms with Crippen LogP contribution >= 0.6 is 0 Å². The van der Waals surface area contributed by atoms with Crippen molar-refractivity contribution in [1.82, 2.24) is 9.55 Å². The molecule has 0 bridgehead atoms. The maximum Gasteiger partial charge on any atom is 0.189 e. The molecule has 3 heteroatoms. The van der Waals surface area contributed by atoms with Crippen LogP contribution < -0.4 is 0 Å². The van der Waals surface area contributed by atoms with Gasteiger partial charge in [-0.3, -0.25) is 0 Å². The topological polar surface area (TPSA) is 22.2 Å². The first-order valence-corrected chi connectivity index (χ1v) is 4.03. The maximum absolute atomic E-state index is 6.87. The molecule has 0 radical (unpaired) electrons. The molecular weight excluding hydrogens is 162 g/mol. The molecule has 0 saturated carbocycles. The summed E-state index contributed by atoms with van der Waals surface area (Å²) in [6, 6.07) is 5.56. The molecule has 64 valence electrons. The van der Waals surface area contributed by atoms with Crippen molar-refractivity contribution in [2.24, 2.45) is 7.05 Å². The molecule has 1 heterocycles. The van der Waals surface area contributed by atoms with Gasteiger partial charge in [-0.15, -0.1) is 0 Å². The first-order valence-electron chi connectivity index (χ1n) is 4.03. The number of hydrogen-bond donors (Lipinski definition) is 0. The Kier molecular flexibility index (Phi) is 1.56. The number of benzene rings is 1. The fourth-order valence-electron chi connectivity index (χ4n) is 1.38. The Labute approximate surface area is 76.4 Å². The van der Waals surface area contributed by atoms with E-state index in [4.69, 9.17) is 6.57 Å². The van der Waals surface area contributed by atoms with Crippen molar-refractivity contribution in [3.63, 3.8) is 0 Å². The zero-order valence-corrected chi connectivity index (χ0v) is 7.57. The third-order valence-corrected chi connectivity index (χ3v) is 2.22. The van der Waals surface area contributed by atoms with Crippen LogP contribution in [0.3, 0.4) is 0 Å². The number of aryl methyl sites for hydroxylation is 2. The first-order chi connectivity index (χ1) is 6.22. The molecule has 0 fully saturated rings. The van der Waals surface area contributed by atoms with E-state index in [0.717, 1.165) is 16.9 Å². The minimum atomic E-state index is 0.644. The van der Waals surface area contributed by atoms with Gasteiger partial charge in [0.1, 0.15) is 5.82 Å². The van der Waals surface area contributed by atoms with Crippen molar-refractivity contribution < 1.29 is 0 Å². The van der Waals surface area contributed by atoms with Crippen molar-refractivity contribution in [1.29, 1.82) is 0 Å². The Morgan fingerprint density at radius 3 is 2.92 bits per heavy atom. The Morgan fingerprint density at radius 2 is 2.23 bits per heavy atom. The molecule has 0 atom stereocenters. The van der Waals surface area contributed by atoms with E-state index in [1.165, 1.54) is 0 Å². The standard InChI is InChI=1S/C10H9N3/c1-7-12-9-6-8(11-2)4-5-10(9)13(7)3/h4-6H,1,3H3. The quantitative estimate of drug-likeness (QED) is 0.558. The number of fused-ring (bicyclic) bond motifs is 1. The van der Waals surface area contributed by atoms with Crippen LogP contribution in [0.5, 0.6) is 0 Å². The summed E-state index contributed by atoms with van der Waals surface area (Å²) >= 11 is 0. The van der Waals surface area contributed by atoms with Crippen LogP contribution in [0.15, 0.2) is 18.2 Å². The van der Waals surface area contributed by atoms with E-state index in [1.54, 1.807) is 0 Å². The molecule has 2 rings (SSSR count). The Balaban J connectivity index is 2.82. The van der Waals surface area contributed by atoms with Gasteiger partial charge in [-0.05, 0) is 19.1 Å². The number of imidazole rings is 1. The summed E-state index contributed by atoms with van der Waals surface area (Å²) in [6.07, 6.45) is 0. The van der Waals surface area contributed by atoms with Gasteiger partial charge in [-0.25, -0.2) is 9.83 Å². The summed E-state index contributed by atoms with van der Waals surface area (Å²) in [5.74, 6) is 0.970. The lowest BCUT2D eigenvalue weighted by molar-refractivity contribution is 0.886. The molecule has 0 saturated heterocycles. The van der Waals surface area contributed by atoms with E-state index in [0.29, 0.717) is 5.69 Å². The highest BCUT2D eigenvalue weighted by Gasteiger charge is 2.03. The summed E-state index contributed by atoms with van der Waals surface area (Å²) in [4.78, 5) is 7.70. The monoisotopic (exact) mass is 171 g/mol. The van der Waals surface area contributed by atoms with E-state index >= 15 is 0 Å². The lowest BCUT2D eigenvalue weighted by atomic mass is 10.3. The van der Waals surface area contributed by atoms with E-state index < -0.39 is 0 Å². The maximum atomic E-state index is 6.87. The third-order valence-electron chi connectivity index (χ3n) is 2.22. The summed E-state index contributed by atoms with van der Waals surface area (Å²) < 4.78 is 2.02. The second kappa shape index (κ2) is 2.60. The first kappa shape index (κ1) is 7.81. The number of hydrogen-bond acceptors (Lipinski definition) is 1. The second-order valence-corrected chi connectivity index (χ2v) is 3.00. The van der Waals surface area contributed by atoms with Crippen LogP contribution in [-0.4, -0.2) is 9.55 Å². The Morgan fingerprint density at radius 1 is 1.46 bits per heavy atom. The van der Waals surface area contributed by atoms with Gasteiger partial charge < -0.3 is 4.57 Å². The summed E-state index contributed by atoms with van der Waals surface area (Å²) in [6.45, 7) is 8.83. The fourth-order valence-corrected chi connectivity index (χ4v) is 1.38. The van der Waals surface area contributed by atoms with Gasteiger partial charge in [0, 0.05) is 7.05 Å². The van der Waals surface area contributed by atoms with Gasteiger partial charge in [0.2, 0.25) is 0 Å². The molecule has 0 aliphatic carbocycles. The molecule has 3 nitrogen and oxygen atoms in total. The highest BCUT2D eigenvalue weighted by Crippen LogP contribution is 2.20. The summed E-state index contributed by atoms with van der Waals surface area (Å²) in [5.41, 5.74) is 2.61. The predicted octanol–water partition coefficient (Wildman–Crippen LogP) is 2.43. The van der Waals surface area contributed by atoms with Crippen molar-refractivity contribution in [3.8, 4) is 0 Å². The molecule has 1 aromatic heterocycles. The molecule has 0 aliphatic rings. The zero-order chi connectivity index (χ0) is 9.42. The molecule has 0 aliphatic heterocycles. The molecule has 0 N–H and O–H groups in total. The molecular formula is C10H9N3. The van der Waals surface area contributed by atoms with Crippen molar-refractivity contribution in [2.45, 2.75) is 6.92 Å². The van der Waals surface area contributed by atoms with Crippen LogP contribution in [0.2, 0.25) is 0 Å². The van der Waals surface area contributed by atoms with Crippen molar-refractivity contribution in [2.75, 3.05) is 0 Å². The molecule has 0 unspecified atom stereocenters. The lowest BCUT2D eigenvalue weighted by Gasteiger charge is -1.95. The van der Waals surface area contributed by atoms with Gasteiger partial charge in [-0.2, -0.15) is 0 Å². The minimum Gasteiger partial charge on any atom is -0.331 e. The van der Waals surface area contributed by atoms with Gasteiger partial charge >= 0.3 is 0 Å². The molecule has 0 amide bonds. The largest absolute Gasteiger partial charge is 0.331 e. The van der Waals surface area contributed by atoms with E-state index in [1.807, 2.05) is 36.7 Å². The minimum absolute atomic E-state index is 0.644. The average molecular weight is 171 g/mol. The predicted molar refractivity (Wildman–Crippen MR) is 51.7 cm³/mol.